The zero-order valence-corrected chi connectivity index (χ0v) is 7.85. The summed E-state index contributed by atoms with van der Waals surface area (Å²) in [6.07, 6.45) is -0.253. The number of rotatable bonds is 3. The number of aliphatic hydroxyl groups excluding tert-OH is 1. The van der Waals surface area contributed by atoms with E-state index in [0.717, 1.165) is 0 Å². The van der Waals surface area contributed by atoms with Gasteiger partial charge >= 0.3 is 0 Å². The average molecular weight is 201 g/mol. The van der Waals surface area contributed by atoms with Crippen LogP contribution in [0.2, 0.25) is 0 Å². The highest BCUT2D eigenvalue weighted by Crippen LogP contribution is 2.18. The van der Waals surface area contributed by atoms with Crippen molar-refractivity contribution >= 4 is 11.8 Å². The molecular weight excluding hydrogens is 186 g/mol. The van der Waals surface area contributed by atoms with E-state index in [2.05, 4.69) is 0 Å². The highest BCUT2D eigenvalue weighted by Gasteiger charge is 2.37. The molecule has 0 aromatic rings. The Morgan fingerprint density at radius 3 is 2.64 bits per heavy atom. The van der Waals surface area contributed by atoms with E-state index in [1.165, 1.54) is 4.90 Å². The smallest absolute Gasteiger partial charge is 0.240 e. The molecule has 80 valence electrons. The minimum Gasteiger partial charge on any atom is -0.391 e. The van der Waals surface area contributed by atoms with Crippen LogP contribution in [0.25, 0.3) is 0 Å². The summed E-state index contributed by atoms with van der Waals surface area (Å²) in [5, 5.41) is 9.30. The molecule has 0 aromatic carbocycles. The van der Waals surface area contributed by atoms with E-state index in [1.54, 1.807) is 0 Å². The van der Waals surface area contributed by atoms with Crippen LogP contribution in [0.5, 0.6) is 0 Å². The standard InChI is InChI=1S/C8H15N3O3/c9-2-1-7(13)11-4-5(12)3-6(11)8(10)14/h5-6,12H,1-4,9H2,(H2,10,14)/t5-,6+/m1/s1. The zero-order chi connectivity index (χ0) is 10.7. The van der Waals surface area contributed by atoms with Gasteiger partial charge < -0.3 is 21.5 Å². The van der Waals surface area contributed by atoms with E-state index < -0.39 is 18.1 Å². The van der Waals surface area contributed by atoms with Crippen molar-refractivity contribution in [3.05, 3.63) is 0 Å². The first kappa shape index (κ1) is 10.9. The highest BCUT2D eigenvalue weighted by atomic mass is 16.3. The topological polar surface area (TPSA) is 110 Å². The molecule has 1 aliphatic heterocycles. The third-order valence-corrected chi connectivity index (χ3v) is 2.29. The second-order valence-corrected chi connectivity index (χ2v) is 3.39. The van der Waals surface area contributed by atoms with Gasteiger partial charge in [-0.15, -0.1) is 0 Å². The molecule has 0 radical (unpaired) electrons. The fourth-order valence-corrected chi connectivity index (χ4v) is 1.63. The van der Waals surface area contributed by atoms with Gasteiger partial charge in [-0.1, -0.05) is 0 Å². The fraction of sp³-hybridized carbons (Fsp3) is 0.750. The molecule has 5 N–H and O–H groups in total. The van der Waals surface area contributed by atoms with Crippen molar-refractivity contribution in [3.8, 4) is 0 Å². The molecule has 2 atom stereocenters. The van der Waals surface area contributed by atoms with Crippen LogP contribution in [0.4, 0.5) is 0 Å². The van der Waals surface area contributed by atoms with Crippen LogP contribution < -0.4 is 11.5 Å². The number of likely N-dealkylation sites (tertiary alicyclic amines) is 1. The summed E-state index contributed by atoms with van der Waals surface area (Å²) in [7, 11) is 0. The van der Waals surface area contributed by atoms with E-state index in [4.69, 9.17) is 11.5 Å². The van der Waals surface area contributed by atoms with Gasteiger partial charge in [-0.2, -0.15) is 0 Å². The van der Waals surface area contributed by atoms with Crippen LogP contribution in [-0.4, -0.2) is 47.1 Å². The number of hydrogen-bond donors (Lipinski definition) is 3. The van der Waals surface area contributed by atoms with Gasteiger partial charge in [-0.3, -0.25) is 9.59 Å². The van der Waals surface area contributed by atoms with Gasteiger partial charge in [-0.25, -0.2) is 0 Å². The lowest BCUT2D eigenvalue weighted by atomic mass is 10.2. The number of β-amino-alcohol motifs (C(OH)–C–C–N with tert-alkyl or cyclic N) is 1. The molecule has 1 saturated heterocycles. The van der Waals surface area contributed by atoms with E-state index >= 15 is 0 Å². The van der Waals surface area contributed by atoms with E-state index in [9.17, 15) is 14.7 Å². The molecule has 1 rings (SSSR count). The molecule has 0 aromatic heterocycles. The van der Waals surface area contributed by atoms with Crippen molar-refractivity contribution < 1.29 is 14.7 Å². The Hall–Kier alpha value is -1.14. The number of nitrogens with two attached hydrogens (primary N) is 2. The lowest BCUT2D eigenvalue weighted by Gasteiger charge is -2.21. The molecular formula is C8H15N3O3. The first-order chi connectivity index (χ1) is 6.56. The summed E-state index contributed by atoms with van der Waals surface area (Å²) < 4.78 is 0. The molecule has 1 heterocycles. The first-order valence-corrected chi connectivity index (χ1v) is 4.53. The Labute approximate surface area is 81.8 Å². The number of amides is 2. The maximum Gasteiger partial charge on any atom is 0.240 e. The van der Waals surface area contributed by atoms with Gasteiger partial charge in [0.2, 0.25) is 11.8 Å². The van der Waals surface area contributed by atoms with Gasteiger partial charge in [0.25, 0.3) is 0 Å². The monoisotopic (exact) mass is 201 g/mol. The highest BCUT2D eigenvalue weighted by molar-refractivity contribution is 5.87. The molecule has 0 aliphatic carbocycles. The van der Waals surface area contributed by atoms with Gasteiger partial charge in [-0.05, 0) is 0 Å². The number of nitrogens with zero attached hydrogens (tertiary/aromatic N) is 1. The SMILES string of the molecule is NCCC(=O)N1C[C@H](O)C[C@H]1C(N)=O. The number of carbonyl (C=O) groups excluding carboxylic acids is 2. The minimum atomic E-state index is -0.677. The van der Waals surface area contributed by atoms with Crippen LogP contribution in [0.15, 0.2) is 0 Å². The van der Waals surface area contributed by atoms with Gasteiger partial charge in [0, 0.05) is 25.9 Å². The summed E-state index contributed by atoms with van der Waals surface area (Å²) >= 11 is 0. The molecule has 0 unspecified atom stereocenters. The third-order valence-electron chi connectivity index (χ3n) is 2.29. The van der Waals surface area contributed by atoms with E-state index in [-0.39, 0.29) is 31.8 Å². The summed E-state index contributed by atoms with van der Waals surface area (Å²) in [5.41, 5.74) is 10.3. The molecule has 6 nitrogen and oxygen atoms in total. The summed E-state index contributed by atoms with van der Waals surface area (Å²) in [5.74, 6) is -0.806. The number of hydrogen-bond acceptors (Lipinski definition) is 4. The summed E-state index contributed by atoms with van der Waals surface area (Å²) in [4.78, 5) is 23.7. The van der Waals surface area contributed by atoms with Crippen molar-refractivity contribution in [2.75, 3.05) is 13.1 Å². The van der Waals surface area contributed by atoms with Crippen molar-refractivity contribution in [2.24, 2.45) is 11.5 Å². The molecule has 14 heavy (non-hydrogen) atoms. The molecule has 1 aliphatic rings. The maximum absolute atomic E-state index is 11.4. The summed E-state index contributed by atoms with van der Waals surface area (Å²) in [6.45, 7) is 0.406. The average Bonchev–Trinajstić information content (AvgIpc) is 2.48. The largest absolute Gasteiger partial charge is 0.391 e. The predicted molar refractivity (Wildman–Crippen MR) is 49.0 cm³/mol. The second kappa shape index (κ2) is 4.39. The Kier molecular flexibility index (Phi) is 3.43. The molecule has 0 bridgehead atoms. The quantitative estimate of drug-likeness (QED) is 0.480. The molecule has 1 fully saturated rings. The van der Waals surface area contributed by atoms with Gasteiger partial charge in [0.05, 0.1) is 6.10 Å². The number of primary amides is 1. The number of carbonyl (C=O) groups is 2. The Bertz CT molecular complexity index is 244. The normalized spacial score (nSPS) is 26.6. The van der Waals surface area contributed by atoms with E-state index in [0.29, 0.717) is 0 Å². The molecule has 6 heteroatoms. The Morgan fingerprint density at radius 2 is 2.14 bits per heavy atom. The van der Waals surface area contributed by atoms with E-state index in [1.807, 2.05) is 0 Å². The zero-order valence-electron chi connectivity index (χ0n) is 7.85. The van der Waals surface area contributed by atoms with Crippen molar-refractivity contribution in [1.82, 2.24) is 4.90 Å². The van der Waals surface area contributed by atoms with Crippen molar-refractivity contribution in [3.63, 3.8) is 0 Å². The van der Waals surface area contributed by atoms with Crippen LogP contribution in [0.3, 0.4) is 0 Å². The van der Waals surface area contributed by atoms with Gasteiger partial charge in [0.1, 0.15) is 6.04 Å². The first-order valence-electron chi connectivity index (χ1n) is 4.53. The third kappa shape index (κ3) is 2.21. The van der Waals surface area contributed by atoms with Crippen LogP contribution in [0, 0.1) is 0 Å². The van der Waals surface area contributed by atoms with Crippen LogP contribution >= 0.6 is 0 Å². The van der Waals surface area contributed by atoms with Crippen molar-refractivity contribution in [1.29, 1.82) is 0 Å². The maximum atomic E-state index is 11.4. The lowest BCUT2D eigenvalue weighted by molar-refractivity contribution is -0.137. The lowest BCUT2D eigenvalue weighted by Crippen LogP contribution is -2.44. The van der Waals surface area contributed by atoms with Crippen LogP contribution in [0.1, 0.15) is 12.8 Å². The number of aliphatic hydroxyl groups is 1. The Morgan fingerprint density at radius 1 is 1.50 bits per heavy atom. The van der Waals surface area contributed by atoms with Crippen molar-refractivity contribution in [2.45, 2.75) is 25.0 Å². The second-order valence-electron chi connectivity index (χ2n) is 3.39. The molecule has 0 saturated carbocycles. The molecule has 2 amide bonds. The minimum absolute atomic E-state index is 0.173. The predicted octanol–water partition coefficient (Wildman–Crippen LogP) is -2.22. The summed E-state index contributed by atoms with van der Waals surface area (Å²) in [6, 6.07) is -0.677. The van der Waals surface area contributed by atoms with Crippen LogP contribution in [-0.2, 0) is 9.59 Å². The van der Waals surface area contributed by atoms with Gasteiger partial charge in [0.15, 0.2) is 0 Å². The molecule has 0 spiro atoms. The fourth-order valence-electron chi connectivity index (χ4n) is 1.63. The Balaban J connectivity index is 2.66.